The van der Waals surface area contributed by atoms with Crippen LogP contribution in [0, 0.1) is 12.8 Å². The fraction of sp³-hybridized carbons (Fsp3) is 0.300. The molecule has 0 radical (unpaired) electrons. The minimum Gasteiger partial charge on any atom is -0.481 e. The van der Waals surface area contributed by atoms with Crippen LogP contribution in [0.3, 0.4) is 0 Å². The van der Waals surface area contributed by atoms with Gasteiger partial charge < -0.3 is 4.74 Å². The first-order valence-corrected chi connectivity index (χ1v) is 8.62. The molecule has 1 amide bonds. The van der Waals surface area contributed by atoms with E-state index in [1.807, 2.05) is 51.1 Å². The van der Waals surface area contributed by atoms with E-state index in [4.69, 9.17) is 16.3 Å². The van der Waals surface area contributed by atoms with E-state index in [0.29, 0.717) is 10.8 Å². The van der Waals surface area contributed by atoms with Gasteiger partial charge in [0.2, 0.25) is 0 Å². The second-order valence-electron chi connectivity index (χ2n) is 6.16. The van der Waals surface area contributed by atoms with Crippen molar-refractivity contribution in [2.45, 2.75) is 33.8 Å². The maximum absolute atomic E-state index is 12.3. The molecule has 2 aromatic carbocycles. The van der Waals surface area contributed by atoms with Gasteiger partial charge in [-0.25, -0.2) is 5.43 Å². The summed E-state index contributed by atoms with van der Waals surface area (Å²) in [6.07, 6.45) is -0.673. The van der Waals surface area contributed by atoms with Gasteiger partial charge in [-0.05, 0) is 49.1 Å². The molecule has 4 nitrogen and oxygen atoms in total. The smallest absolute Gasteiger partial charge is 0.280 e. The highest BCUT2D eigenvalue weighted by atomic mass is 35.5. The Hall–Kier alpha value is -2.33. The summed E-state index contributed by atoms with van der Waals surface area (Å²) in [6, 6.07) is 15.1. The molecular weight excluding hydrogens is 336 g/mol. The van der Waals surface area contributed by atoms with Crippen LogP contribution in [0.15, 0.2) is 53.6 Å². The molecule has 0 spiro atoms. The summed E-state index contributed by atoms with van der Waals surface area (Å²) in [6.45, 7) is 7.65. The van der Waals surface area contributed by atoms with E-state index in [-0.39, 0.29) is 11.8 Å². The predicted molar refractivity (Wildman–Crippen MR) is 102 cm³/mol. The number of benzene rings is 2. The third kappa shape index (κ3) is 5.33. The Morgan fingerprint density at radius 3 is 2.40 bits per heavy atom. The van der Waals surface area contributed by atoms with Gasteiger partial charge in [0.1, 0.15) is 5.75 Å². The summed E-state index contributed by atoms with van der Waals surface area (Å²) in [4.78, 5) is 12.3. The SMILES string of the molecule is Cc1cc(Cl)ccc1OC(C)C(=O)NN=C(c1ccccc1)C(C)C. The van der Waals surface area contributed by atoms with Crippen LogP contribution in [0.5, 0.6) is 5.75 Å². The van der Waals surface area contributed by atoms with Gasteiger partial charge in [0.05, 0.1) is 5.71 Å². The Bertz CT molecular complexity index is 758. The molecular formula is C20H23ClN2O2. The summed E-state index contributed by atoms with van der Waals surface area (Å²) < 4.78 is 5.72. The second-order valence-corrected chi connectivity index (χ2v) is 6.60. The topological polar surface area (TPSA) is 50.7 Å². The van der Waals surface area contributed by atoms with Crippen LogP contribution in [0.2, 0.25) is 5.02 Å². The van der Waals surface area contributed by atoms with Crippen molar-refractivity contribution < 1.29 is 9.53 Å². The van der Waals surface area contributed by atoms with Crippen molar-refractivity contribution >= 4 is 23.2 Å². The van der Waals surface area contributed by atoms with Crippen molar-refractivity contribution in [2.75, 3.05) is 0 Å². The Labute approximate surface area is 153 Å². The molecule has 0 aliphatic rings. The summed E-state index contributed by atoms with van der Waals surface area (Å²) in [5.41, 5.74) is 5.30. The maximum atomic E-state index is 12.3. The fourth-order valence-corrected chi connectivity index (χ4v) is 2.56. The highest BCUT2D eigenvalue weighted by molar-refractivity contribution is 6.30. The van der Waals surface area contributed by atoms with Crippen molar-refractivity contribution in [1.82, 2.24) is 5.43 Å². The van der Waals surface area contributed by atoms with Gasteiger partial charge in [-0.3, -0.25) is 4.79 Å². The number of aryl methyl sites for hydroxylation is 1. The number of halogens is 1. The molecule has 0 saturated heterocycles. The fourth-order valence-electron chi connectivity index (χ4n) is 2.33. The lowest BCUT2D eigenvalue weighted by Gasteiger charge is -2.16. The standard InChI is InChI=1S/C20H23ClN2O2/c1-13(2)19(16-8-6-5-7-9-16)22-23-20(24)15(4)25-18-11-10-17(21)12-14(18)3/h5-13,15H,1-4H3,(H,23,24). The van der Waals surface area contributed by atoms with Gasteiger partial charge >= 0.3 is 0 Å². The molecule has 132 valence electrons. The second kappa shape index (κ2) is 8.67. The van der Waals surface area contributed by atoms with Gasteiger partial charge in [-0.2, -0.15) is 5.10 Å². The Morgan fingerprint density at radius 2 is 1.80 bits per heavy atom. The zero-order chi connectivity index (χ0) is 18.4. The molecule has 0 heterocycles. The largest absolute Gasteiger partial charge is 0.481 e. The monoisotopic (exact) mass is 358 g/mol. The molecule has 2 aromatic rings. The number of nitrogens with one attached hydrogen (secondary N) is 1. The van der Waals surface area contributed by atoms with E-state index in [2.05, 4.69) is 10.5 Å². The predicted octanol–water partition coefficient (Wildman–Crippen LogP) is 4.59. The summed E-state index contributed by atoms with van der Waals surface area (Å²) in [5.74, 6) is 0.504. The average Bonchev–Trinajstić information content (AvgIpc) is 2.58. The molecule has 0 saturated carbocycles. The lowest BCUT2D eigenvalue weighted by atomic mass is 10.0. The van der Waals surface area contributed by atoms with Crippen molar-refractivity contribution in [1.29, 1.82) is 0 Å². The molecule has 1 N–H and O–H groups in total. The lowest BCUT2D eigenvalue weighted by Crippen LogP contribution is -2.34. The van der Waals surface area contributed by atoms with E-state index in [9.17, 15) is 4.79 Å². The molecule has 0 bridgehead atoms. The van der Waals surface area contributed by atoms with Crippen LogP contribution in [-0.4, -0.2) is 17.7 Å². The molecule has 0 fully saturated rings. The Kier molecular flexibility index (Phi) is 6.59. The Morgan fingerprint density at radius 1 is 1.12 bits per heavy atom. The molecule has 0 aliphatic heterocycles. The highest BCUT2D eigenvalue weighted by Gasteiger charge is 2.16. The zero-order valence-corrected chi connectivity index (χ0v) is 15.7. The van der Waals surface area contributed by atoms with Crippen molar-refractivity contribution in [2.24, 2.45) is 11.0 Å². The first kappa shape index (κ1) is 19.0. The van der Waals surface area contributed by atoms with E-state index in [1.165, 1.54) is 0 Å². The number of hydrogen-bond acceptors (Lipinski definition) is 3. The summed E-state index contributed by atoms with van der Waals surface area (Å²) in [5, 5.41) is 4.94. The molecule has 25 heavy (non-hydrogen) atoms. The minimum absolute atomic E-state index is 0.178. The van der Waals surface area contributed by atoms with Gasteiger partial charge in [-0.1, -0.05) is 55.8 Å². The van der Waals surface area contributed by atoms with Crippen LogP contribution in [0.25, 0.3) is 0 Å². The number of carbonyl (C=O) groups is 1. The maximum Gasteiger partial charge on any atom is 0.280 e. The van der Waals surface area contributed by atoms with Crippen molar-refractivity contribution in [3.05, 3.63) is 64.7 Å². The van der Waals surface area contributed by atoms with E-state index < -0.39 is 6.10 Å². The van der Waals surface area contributed by atoms with Crippen LogP contribution >= 0.6 is 11.6 Å². The molecule has 1 unspecified atom stereocenters. The van der Waals surface area contributed by atoms with Gasteiger partial charge in [0.15, 0.2) is 6.10 Å². The van der Waals surface area contributed by atoms with Crippen molar-refractivity contribution in [3.8, 4) is 5.75 Å². The number of hydrogen-bond donors (Lipinski definition) is 1. The number of carbonyl (C=O) groups excluding carboxylic acids is 1. The summed E-state index contributed by atoms with van der Waals surface area (Å²) >= 11 is 5.94. The molecule has 1 atom stereocenters. The normalized spacial score (nSPS) is 12.8. The first-order valence-electron chi connectivity index (χ1n) is 8.24. The summed E-state index contributed by atoms with van der Waals surface area (Å²) in [7, 11) is 0. The minimum atomic E-state index is -0.673. The third-order valence-corrected chi connectivity index (χ3v) is 3.95. The molecule has 2 rings (SSSR count). The van der Waals surface area contributed by atoms with Crippen LogP contribution in [0.4, 0.5) is 0 Å². The number of rotatable bonds is 6. The van der Waals surface area contributed by atoms with E-state index >= 15 is 0 Å². The third-order valence-electron chi connectivity index (χ3n) is 3.71. The zero-order valence-electron chi connectivity index (χ0n) is 14.9. The molecule has 0 aliphatic carbocycles. The quantitative estimate of drug-likeness (QED) is 0.606. The van der Waals surface area contributed by atoms with Crippen LogP contribution in [0.1, 0.15) is 31.9 Å². The van der Waals surface area contributed by atoms with Gasteiger partial charge in [0.25, 0.3) is 5.91 Å². The van der Waals surface area contributed by atoms with Gasteiger partial charge in [0, 0.05) is 5.02 Å². The molecule has 5 heteroatoms. The first-order chi connectivity index (χ1) is 11.9. The highest BCUT2D eigenvalue weighted by Crippen LogP contribution is 2.22. The average molecular weight is 359 g/mol. The number of hydrazone groups is 1. The molecule has 0 aromatic heterocycles. The van der Waals surface area contributed by atoms with Crippen LogP contribution < -0.4 is 10.2 Å². The lowest BCUT2D eigenvalue weighted by molar-refractivity contribution is -0.127. The Balaban J connectivity index is 2.06. The van der Waals surface area contributed by atoms with Crippen LogP contribution in [-0.2, 0) is 4.79 Å². The number of amides is 1. The van der Waals surface area contributed by atoms with Gasteiger partial charge in [-0.15, -0.1) is 0 Å². The van der Waals surface area contributed by atoms with Crippen molar-refractivity contribution in [3.63, 3.8) is 0 Å². The van der Waals surface area contributed by atoms with E-state index in [1.54, 1.807) is 25.1 Å². The number of ether oxygens (including phenoxy) is 1. The van der Waals surface area contributed by atoms with E-state index in [0.717, 1.165) is 16.8 Å². The number of nitrogens with zero attached hydrogens (tertiary/aromatic N) is 1.